The molecule has 7 heteroatoms. The van der Waals surface area contributed by atoms with Crippen LogP contribution in [0.4, 0.5) is 5.95 Å². The van der Waals surface area contributed by atoms with Gasteiger partial charge in [0.2, 0.25) is 5.95 Å². The number of benzene rings is 1. The monoisotopic (exact) mass is 337 g/mol. The van der Waals surface area contributed by atoms with Gasteiger partial charge in [-0.05, 0) is 51.3 Å². The molecule has 2 heterocycles. The van der Waals surface area contributed by atoms with Crippen LogP contribution in [0, 0.1) is 12.8 Å². The Hall–Kier alpha value is -2.54. The quantitative estimate of drug-likeness (QED) is 0.744. The van der Waals surface area contributed by atoms with E-state index in [4.69, 9.17) is 0 Å². The molecule has 0 aliphatic heterocycles. The van der Waals surface area contributed by atoms with Crippen LogP contribution in [0.15, 0.2) is 30.5 Å². The normalized spacial score (nSPS) is 20.2. The highest BCUT2D eigenvalue weighted by atomic mass is 15.4. The third kappa shape index (κ3) is 3.32. The summed E-state index contributed by atoms with van der Waals surface area (Å²) in [6, 6.07) is 8.80. The summed E-state index contributed by atoms with van der Waals surface area (Å²) < 4.78 is 1.76. The van der Waals surface area contributed by atoms with Crippen molar-refractivity contribution in [1.82, 2.24) is 30.3 Å². The van der Waals surface area contributed by atoms with E-state index in [1.54, 1.807) is 10.9 Å². The van der Waals surface area contributed by atoms with Crippen molar-refractivity contribution in [3.8, 4) is 5.69 Å². The average molecular weight is 337 g/mol. The molecule has 1 aliphatic rings. The summed E-state index contributed by atoms with van der Waals surface area (Å²) in [6.07, 6.45) is 5.42. The zero-order valence-corrected chi connectivity index (χ0v) is 14.6. The Morgan fingerprint density at radius 2 is 2.04 bits per heavy atom. The molecule has 1 aromatic carbocycles. The number of rotatable bonds is 5. The number of nitrogens with one attached hydrogen (secondary N) is 2. The van der Waals surface area contributed by atoms with Crippen LogP contribution in [0.1, 0.15) is 24.8 Å². The van der Waals surface area contributed by atoms with E-state index < -0.39 is 0 Å². The molecular formula is C18H23N7. The van der Waals surface area contributed by atoms with E-state index in [-0.39, 0.29) is 0 Å². The fraction of sp³-hybridized carbons (Fsp3) is 0.444. The Labute approximate surface area is 146 Å². The Morgan fingerprint density at radius 1 is 1.20 bits per heavy atom. The van der Waals surface area contributed by atoms with E-state index >= 15 is 0 Å². The van der Waals surface area contributed by atoms with Gasteiger partial charge in [0.25, 0.3) is 0 Å². The van der Waals surface area contributed by atoms with E-state index in [0.29, 0.717) is 23.4 Å². The molecule has 1 fully saturated rings. The lowest BCUT2D eigenvalue weighted by atomic mass is 10.1. The van der Waals surface area contributed by atoms with Crippen LogP contribution in [0.25, 0.3) is 16.9 Å². The van der Waals surface area contributed by atoms with Gasteiger partial charge < -0.3 is 10.6 Å². The number of anilines is 1. The first-order chi connectivity index (χ1) is 12.2. The van der Waals surface area contributed by atoms with Crippen LogP contribution < -0.4 is 10.6 Å². The molecule has 0 spiro atoms. The number of hydrogen-bond acceptors (Lipinski definition) is 6. The smallest absolute Gasteiger partial charge is 0.224 e. The van der Waals surface area contributed by atoms with Crippen molar-refractivity contribution >= 4 is 17.1 Å². The first-order valence-corrected chi connectivity index (χ1v) is 8.79. The standard InChI is InChI=1S/C18H23N7/c1-12-3-7-15(8-4-12)25-17-16(23-24-25)11-21-18(22-17)20-10-13-5-6-14(9-13)19-2/h3-4,7-8,11,13-14,19H,5-6,9-10H2,1-2H3,(H,20,21,22)/t13-,14+/m0/s1. The molecule has 3 aromatic rings. The van der Waals surface area contributed by atoms with Gasteiger partial charge in [0.15, 0.2) is 11.2 Å². The number of aromatic nitrogens is 5. The molecule has 2 aromatic heterocycles. The summed E-state index contributed by atoms with van der Waals surface area (Å²) in [6.45, 7) is 2.96. The summed E-state index contributed by atoms with van der Waals surface area (Å²) in [5.74, 6) is 1.30. The second-order valence-electron chi connectivity index (χ2n) is 6.78. The van der Waals surface area contributed by atoms with Crippen LogP contribution in [0.3, 0.4) is 0 Å². The topological polar surface area (TPSA) is 80.5 Å². The van der Waals surface area contributed by atoms with Gasteiger partial charge in [0.1, 0.15) is 0 Å². The van der Waals surface area contributed by atoms with E-state index in [1.807, 2.05) is 19.2 Å². The molecule has 0 saturated heterocycles. The van der Waals surface area contributed by atoms with Crippen LogP contribution in [-0.4, -0.2) is 44.6 Å². The van der Waals surface area contributed by atoms with Gasteiger partial charge in [0.05, 0.1) is 11.9 Å². The third-order valence-electron chi connectivity index (χ3n) is 4.97. The zero-order valence-electron chi connectivity index (χ0n) is 14.6. The number of aryl methyl sites for hydroxylation is 1. The van der Waals surface area contributed by atoms with E-state index in [1.165, 1.54) is 24.8 Å². The molecule has 4 rings (SSSR count). The Bertz CT molecular complexity index is 855. The van der Waals surface area contributed by atoms with Crippen LogP contribution in [0.5, 0.6) is 0 Å². The summed E-state index contributed by atoms with van der Waals surface area (Å²) in [4.78, 5) is 9.01. The fourth-order valence-corrected chi connectivity index (χ4v) is 3.43. The molecule has 2 atom stereocenters. The van der Waals surface area contributed by atoms with Crippen molar-refractivity contribution in [2.75, 3.05) is 18.9 Å². The van der Waals surface area contributed by atoms with Gasteiger partial charge in [-0.3, -0.25) is 0 Å². The Balaban J connectivity index is 1.53. The predicted molar refractivity (Wildman–Crippen MR) is 97.9 cm³/mol. The van der Waals surface area contributed by atoms with Crippen molar-refractivity contribution in [3.63, 3.8) is 0 Å². The lowest BCUT2D eigenvalue weighted by Crippen LogP contribution is -2.22. The fourth-order valence-electron chi connectivity index (χ4n) is 3.43. The minimum absolute atomic E-state index is 0.635. The van der Waals surface area contributed by atoms with Crippen molar-refractivity contribution in [2.24, 2.45) is 5.92 Å². The maximum atomic E-state index is 4.63. The molecular weight excluding hydrogens is 314 g/mol. The Kier molecular flexibility index (Phi) is 4.31. The summed E-state index contributed by atoms with van der Waals surface area (Å²) >= 11 is 0. The first-order valence-electron chi connectivity index (χ1n) is 8.79. The average Bonchev–Trinajstić information content (AvgIpc) is 3.27. The first kappa shape index (κ1) is 16.0. The van der Waals surface area contributed by atoms with Crippen LogP contribution in [-0.2, 0) is 0 Å². The highest BCUT2D eigenvalue weighted by Gasteiger charge is 2.23. The predicted octanol–water partition coefficient (Wildman–Crippen LogP) is 2.32. The molecule has 0 unspecified atom stereocenters. The van der Waals surface area contributed by atoms with Gasteiger partial charge in [-0.2, -0.15) is 9.67 Å². The van der Waals surface area contributed by atoms with Gasteiger partial charge in [-0.1, -0.05) is 22.9 Å². The van der Waals surface area contributed by atoms with Gasteiger partial charge in [0, 0.05) is 12.6 Å². The molecule has 25 heavy (non-hydrogen) atoms. The highest BCUT2D eigenvalue weighted by Crippen LogP contribution is 2.25. The second-order valence-corrected chi connectivity index (χ2v) is 6.78. The summed E-state index contributed by atoms with van der Waals surface area (Å²) in [5.41, 5.74) is 3.58. The lowest BCUT2D eigenvalue weighted by molar-refractivity contribution is 0.529. The maximum absolute atomic E-state index is 4.63. The zero-order chi connectivity index (χ0) is 17.2. The van der Waals surface area contributed by atoms with Crippen molar-refractivity contribution in [2.45, 2.75) is 32.2 Å². The SMILES string of the molecule is CN[C@@H]1CC[C@H](CNc2ncc3nnn(-c4ccc(C)cc4)c3n2)C1. The molecule has 130 valence electrons. The summed E-state index contributed by atoms with van der Waals surface area (Å²) in [5, 5.41) is 15.1. The lowest BCUT2D eigenvalue weighted by Gasteiger charge is -2.12. The van der Waals surface area contributed by atoms with Crippen molar-refractivity contribution < 1.29 is 0 Å². The molecule has 0 amide bonds. The van der Waals surface area contributed by atoms with E-state index in [0.717, 1.165) is 17.9 Å². The Morgan fingerprint density at radius 3 is 2.80 bits per heavy atom. The maximum Gasteiger partial charge on any atom is 0.224 e. The highest BCUT2D eigenvalue weighted by molar-refractivity contribution is 5.71. The number of nitrogens with zero attached hydrogens (tertiary/aromatic N) is 5. The molecule has 1 aliphatic carbocycles. The second kappa shape index (κ2) is 6.76. The van der Waals surface area contributed by atoms with Gasteiger partial charge in [-0.15, -0.1) is 5.10 Å². The molecule has 1 saturated carbocycles. The number of hydrogen-bond donors (Lipinski definition) is 2. The number of fused-ring (bicyclic) bond motifs is 1. The molecule has 0 bridgehead atoms. The molecule has 0 radical (unpaired) electrons. The third-order valence-corrected chi connectivity index (χ3v) is 4.97. The van der Waals surface area contributed by atoms with Crippen molar-refractivity contribution in [3.05, 3.63) is 36.0 Å². The summed E-state index contributed by atoms with van der Waals surface area (Å²) in [7, 11) is 2.04. The minimum Gasteiger partial charge on any atom is -0.354 e. The molecule has 2 N–H and O–H groups in total. The van der Waals surface area contributed by atoms with Crippen molar-refractivity contribution in [1.29, 1.82) is 0 Å². The van der Waals surface area contributed by atoms with Gasteiger partial charge in [-0.25, -0.2) is 4.98 Å². The minimum atomic E-state index is 0.635. The van der Waals surface area contributed by atoms with Gasteiger partial charge >= 0.3 is 0 Å². The molecule has 7 nitrogen and oxygen atoms in total. The largest absolute Gasteiger partial charge is 0.354 e. The van der Waals surface area contributed by atoms with Crippen LogP contribution >= 0.6 is 0 Å². The van der Waals surface area contributed by atoms with Crippen LogP contribution in [0.2, 0.25) is 0 Å². The van der Waals surface area contributed by atoms with E-state index in [2.05, 4.69) is 50.0 Å². The van der Waals surface area contributed by atoms with E-state index in [9.17, 15) is 0 Å².